The van der Waals surface area contributed by atoms with Gasteiger partial charge in [-0.1, -0.05) is 90.1 Å². The van der Waals surface area contributed by atoms with Gasteiger partial charge in [0.25, 0.3) is 0 Å². The van der Waals surface area contributed by atoms with Gasteiger partial charge in [0.15, 0.2) is 0 Å². The summed E-state index contributed by atoms with van der Waals surface area (Å²) in [5.74, 6) is -0.425. The topological polar surface area (TPSA) is 38.7 Å². The molecule has 0 saturated carbocycles. The lowest BCUT2D eigenvalue weighted by atomic mass is 9.98. The predicted octanol–water partition coefficient (Wildman–Crippen LogP) is 4.70. The van der Waals surface area contributed by atoms with Crippen molar-refractivity contribution in [1.29, 1.82) is 0 Å². The molecule has 0 unspecified atom stereocenters. The van der Waals surface area contributed by atoms with Crippen LogP contribution in [0.15, 0.2) is 95.7 Å². The maximum Gasteiger partial charge on any atom is 0.368 e. The number of oxime groups is 1. The maximum atomic E-state index is 12.0. The highest BCUT2D eigenvalue weighted by Gasteiger charge is 2.26. The molecule has 0 bridgehead atoms. The lowest BCUT2D eigenvalue weighted by molar-refractivity contribution is -0.136. The van der Waals surface area contributed by atoms with E-state index in [1.807, 2.05) is 72.8 Å². The quantitative estimate of drug-likeness (QED) is 0.517. The molecule has 0 aliphatic carbocycles. The highest BCUT2D eigenvalue weighted by atomic mass is 16.7. The van der Waals surface area contributed by atoms with Gasteiger partial charge in [-0.15, -0.1) is 0 Å². The lowest BCUT2D eigenvalue weighted by Crippen LogP contribution is -2.06. The van der Waals surface area contributed by atoms with Crippen LogP contribution in [0.25, 0.3) is 17.2 Å². The number of nitrogens with zero attached hydrogens (tertiary/aromatic N) is 1. The third kappa shape index (κ3) is 3.12. The monoisotopic (exact) mass is 325 g/mol. The van der Waals surface area contributed by atoms with Crippen LogP contribution in [0.1, 0.15) is 11.1 Å². The molecule has 0 aromatic heterocycles. The van der Waals surface area contributed by atoms with Crippen molar-refractivity contribution in [2.75, 3.05) is 0 Å². The van der Waals surface area contributed by atoms with E-state index in [0.717, 1.165) is 22.3 Å². The molecule has 0 radical (unpaired) electrons. The first-order valence-corrected chi connectivity index (χ1v) is 8.03. The Morgan fingerprint density at radius 3 is 1.92 bits per heavy atom. The molecule has 1 aliphatic heterocycles. The summed E-state index contributed by atoms with van der Waals surface area (Å²) >= 11 is 0. The van der Waals surface area contributed by atoms with E-state index < -0.39 is 5.97 Å². The van der Waals surface area contributed by atoms with Gasteiger partial charge in [0.05, 0.1) is 5.57 Å². The number of carbonyl (C=O) groups is 1. The number of hydrogen-bond donors (Lipinski definition) is 0. The zero-order valence-electron chi connectivity index (χ0n) is 13.4. The fourth-order valence-corrected chi connectivity index (χ4v) is 2.78. The van der Waals surface area contributed by atoms with Crippen molar-refractivity contribution in [2.24, 2.45) is 5.16 Å². The first kappa shape index (κ1) is 15.1. The molecule has 1 heterocycles. The Bertz CT molecular complexity index is 956. The fraction of sp³-hybridized carbons (Fsp3) is 0. The zero-order valence-corrected chi connectivity index (χ0v) is 13.4. The van der Waals surface area contributed by atoms with Crippen LogP contribution >= 0.6 is 0 Å². The fourth-order valence-electron chi connectivity index (χ4n) is 2.78. The van der Waals surface area contributed by atoms with E-state index in [4.69, 9.17) is 4.84 Å². The average molecular weight is 325 g/mol. The second-order valence-electron chi connectivity index (χ2n) is 5.73. The van der Waals surface area contributed by atoms with E-state index >= 15 is 0 Å². The first-order valence-electron chi connectivity index (χ1n) is 8.03. The van der Waals surface area contributed by atoms with Gasteiger partial charge in [-0.25, -0.2) is 4.79 Å². The third-order valence-corrected chi connectivity index (χ3v) is 4.07. The molecule has 0 fully saturated rings. The largest absolute Gasteiger partial charge is 0.368 e. The molecule has 0 saturated heterocycles. The van der Waals surface area contributed by atoms with Gasteiger partial charge in [-0.2, -0.15) is 0 Å². The number of rotatable bonds is 3. The van der Waals surface area contributed by atoms with Crippen LogP contribution in [0.4, 0.5) is 0 Å². The van der Waals surface area contributed by atoms with Crippen molar-refractivity contribution >= 4 is 17.8 Å². The van der Waals surface area contributed by atoms with Gasteiger partial charge in [-0.3, -0.25) is 0 Å². The van der Waals surface area contributed by atoms with Gasteiger partial charge in [0.1, 0.15) is 5.71 Å². The second-order valence-corrected chi connectivity index (χ2v) is 5.73. The normalized spacial score (nSPS) is 15.1. The van der Waals surface area contributed by atoms with Gasteiger partial charge < -0.3 is 4.84 Å². The smallest absolute Gasteiger partial charge is 0.312 e. The Morgan fingerprint density at radius 2 is 1.24 bits per heavy atom. The summed E-state index contributed by atoms with van der Waals surface area (Å²) in [4.78, 5) is 16.9. The maximum absolute atomic E-state index is 12.0. The Balaban J connectivity index is 1.67. The van der Waals surface area contributed by atoms with E-state index in [0.29, 0.717) is 11.3 Å². The first-order chi connectivity index (χ1) is 12.3. The minimum Gasteiger partial charge on any atom is -0.312 e. The standard InChI is InChI=1S/C22H15NO2/c24-22-20(15-16-7-3-1-4-8-16)21(23-25-22)19-13-11-18(12-14-19)17-9-5-2-6-10-17/h1-15H. The molecule has 120 valence electrons. The number of hydrogen-bond acceptors (Lipinski definition) is 3. The average Bonchev–Trinajstić information content (AvgIpc) is 3.04. The van der Waals surface area contributed by atoms with Crippen LogP contribution in [0.2, 0.25) is 0 Å². The summed E-state index contributed by atoms with van der Waals surface area (Å²) in [5, 5.41) is 3.97. The van der Waals surface area contributed by atoms with E-state index in [1.54, 1.807) is 6.08 Å². The highest BCUT2D eigenvalue weighted by molar-refractivity contribution is 6.31. The summed E-state index contributed by atoms with van der Waals surface area (Å²) in [6, 6.07) is 27.8. The second kappa shape index (κ2) is 6.57. The van der Waals surface area contributed by atoms with Crippen molar-refractivity contribution in [2.45, 2.75) is 0 Å². The van der Waals surface area contributed by atoms with Crippen LogP contribution in [-0.2, 0) is 9.63 Å². The van der Waals surface area contributed by atoms with E-state index in [9.17, 15) is 4.79 Å². The Kier molecular flexibility index (Phi) is 3.97. The summed E-state index contributed by atoms with van der Waals surface area (Å²) in [7, 11) is 0. The molecule has 0 spiro atoms. The Labute approximate surface area is 145 Å². The molecular weight excluding hydrogens is 310 g/mol. The van der Waals surface area contributed by atoms with E-state index in [-0.39, 0.29) is 0 Å². The van der Waals surface area contributed by atoms with E-state index in [1.165, 1.54) is 0 Å². The van der Waals surface area contributed by atoms with Crippen LogP contribution in [0.5, 0.6) is 0 Å². The summed E-state index contributed by atoms with van der Waals surface area (Å²) in [5.41, 5.74) is 5.09. The van der Waals surface area contributed by atoms with Crippen LogP contribution in [0.3, 0.4) is 0 Å². The molecule has 0 atom stereocenters. The molecule has 3 nitrogen and oxygen atoms in total. The molecule has 4 rings (SSSR count). The molecule has 3 aromatic rings. The van der Waals surface area contributed by atoms with E-state index in [2.05, 4.69) is 17.3 Å². The van der Waals surface area contributed by atoms with Crippen molar-refractivity contribution in [3.63, 3.8) is 0 Å². The number of carbonyl (C=O) groups excluding carboxylic acids is 1. The Hall–Kier alpha value is -3.46. The lowest BCUT2D eigenvalue weighted by Gasteiger charge is -2.04. The van der Waals surface area contributed by atoms with Gasteiger partial charge in [0.2, 0.25) is 0 Å². The minimum absolute atomic E-state index is 0.425. The van der Waals surface area contributed by atoms with Crippen LogP contribution in [-0.4, -0.2) is 11.7 Å². The van der Waals surface area contributed by atoms with Gasteiger partial charge >= 0.3 is 5.97 Å². The summed E-state index contributed by atoms with van der Waals surface area (Å²) in [6.07, 6.45) is 1.80. The minimum atomic E-state index is -0.425. The van der Waals surface area contributed by atoms with Crippen molar-refractivity contribution in [3.8, 4) is 11.1 Å². The predicted molar refractivity (Wildman–Crippen MR) is 98.9 cm³/mol. The van der Waals surface area contributed by atoms with Crippen LogP contribution < -0.4 is 0 Å². The van der Waals surface area contributed by atoms with Gasteiger partial charge in [-0.05, 0) is 22.8 Å². The SMILES string of the molecule is O=C1ON=C(c2ccc(-c3ccccc3)cc2)C1=Cc1ccccc1. The third-order valence-electron chi connectivity index (χ3n) is 4.07. The van der Waals surface area contributed by atoms with Gasteiger partial charge in [0, 0.05) is 5.56 Å². The zero-order chi connectivity index (χ0) is 17.1. The molecule has 3 aromatic carbocycles. The molecule has 0 N–H and O–H groups in total. The van der Waals surface area contributed by atoms with Crippen molar-refractivity contribution in [3.05, 3.63) is 102 Å². The van der Waals surface area contributed by atoms with Crippen molar-refractivity contribution in [1.82, 2.24) is 0 Å². The van der Waals surface area contributed by atoms with Crippen LogP contribution in [0, 0.1) is 0 Å². The molecule has 3 heteroatoms. The summed E-state index contributed by atoms with van der Waals surface area (Å²) in [6.45, 7) is 0. The number of benzene rings is 3. The Morgan fingerprint density at radius 1 is 0.680 bits per heavy atom. The molecular formula is C22H15NO2. The summed E-state index contributed by atoms with van der Waals surface area (Å²) < 4.78 is 0. The molecule has 0 amide bonds. The van der Waals surface area contributed by atoms with Crippen molar-refractivity contribution < 1.29 is 9.63 Å². The highest BCUT2D eigenvalue weighted by Crippen LogP contribution is 2.24. The molecule has 25 heavy (non-hydrogen) atoms. The molecule has 1 aliphatic rings.